The summed E-state index contributed by atoms with van der Waals surface area (Å²) in [7, 11) is 0. The SMILES string of the molecule is C\C=C/C=N/C(=C/CC(CC)CCOc1ccc(-c2ccc(OC(F)(F)CC)cc2)cc1C(C)=O)C(C)CC. The lowest BCUT2D eigenvalue weighted by atomic mass is 9.96. The maximum absolute atomic E-state index is 13.5. The molecule has 2 unspecified atom stereocenters. The molecule has 0 aliphatic carbocycles. The van der Waals surface area contributed by atoms with Gasteiger partial charge in [0.2, 0.25) is 0 Å². The molecular weight excluding hydrogens is 496 g/mol. The molecule has 4 nitrogen and oxygen atoms in total. The van der Waals surface area contributed by atoms with Gasteiger partial charge < -0.3 is 9.47 Å². The van der Waals surface area contributed by atoms with Crippen LogP contribution in [0.25, 0.3) is 11.1 Å². The summed E-state index contributed by atoms with van der Waals surface area (Å²) in [4.78, 5) is 17.1. The number of carbonyl (C=O) groups is 1. The Balaban J connectivity index is 2.08. The van der Waals surface area contributed by atoms with Crippen LogP contribution in [0.15, 0.2) is 71.4 Å². The first-order valence-electron chi connectivity index (χ1n) is 13.9. The number of alkyl halides is 2. The molecule has 0 amide bonds. The van der Waals surface area contributed by atoms with Crippen LogP contribution in [-0.2, 0) is 0 Å². The minimum absolute atomic E-state index is 0.0958. The molecule has 0 fully saturated rings. The summed E-state index contributed by atoms with van der Waals surface area (Å²) in [6.45, 7) is 11.9. The van der Waals surface area contributed by atoms with Crippen LogP contribution in [0.1, 0.15) is 84.0 Å². The van der Waals surface area contributed by atoms with Gasteiger partial charge in [-0.1, -0.05) is 64.5 Å². The van der Waals surface area contributed by atoms with E-state index in [1.165, 1.54) is 26.0 Å². The Hall–Kier alpha value is -3.28. The Morgan fingerprint density at radius 2 is 1.74 bits per heavy atom. The van der Waals surface area contributed by atoms with E-state index < -0.39 is 12.5 Å². The van der Waals surface area contributed by atoms with Crippen molar-refractivity contribution in [2.24, 2.45) is 16.8 Å². The van der Waals surface area contributed by atoms with Gasteiger partial charge >= 0.3 is 6.11 Å². The highest BCUT2D eigenvalue weighted by Crippen LogP contribution is 2.31. The highest BCUT2D eigenvalue weighted by atomic mass is 19.3. The van der Waals surface area contributed by atoms with E-state index >= 15 is 0 Å². The van der Waals surface area contributed by atoms with Crippen molar-refractivity contribution in [1.29, 1.82) is 0 Å². The Labute approximate surface area is 232 Å². The summed E-state index contributed by atoms with van der Waals surface area (Å²) in [6, 6.07) is 11.9. The molecule has 2 aromatic rings. The zero-order valence-corrected chi connectivity index (χ0v) is 24.2. The largest absolute Gasteiger partial charge is 0.493 e. The zero-order chi connectivity index (χ0) is 28.8. The topological polar surface area (TPSA) is 47.9 Å². The molecule has 0 saturated heterocycles. The summed E-state index contributed by atoms with van der Waals surface area (Å²) in [5, 5.41) is 0. The van der Waals surface area contributed by atoms with Gasteiger partial charge in [0.15, 0.2) is 5.78 Å². The molecule has 39 heavy (non-hydrogen) atoms. The molecule has 0 radical (unpaired) electrons. The van der Waals surface area contributed by atoms with Crippen LogP contribution in [0, 0.1) is 11.8 Å². The molecule has 2 aromatic carbocycles. The van der Waals surface area contributed by atoms with Gasteiger partial charge in [-0.15, -0.1) is 0 Å². The van der Waals surface area contributed by atoms with Gasteiger partial charge in [0.1, 0.15) is 11.5 Å². The van der Waals surface area contributed by atoms with Gasteiger partial charge in [0, 0.05) is 18.3 Å². The number of Topliss-reactive ketones (excluding diaryl/α,β-unsaturated/α-hetero) is 1. The van der Waals surface area contributed by atoms with Crippen molar-refractivity contribution < 1.29 is 23.0 Å². The second-order valence-electron chi connectivity index (χ2n) is 9.77. The first-order valence-corrected chi connectivity index (χ1v) is 13.9. The summed E-state index contributed by atoms with van der Waals surface area (Å²) >= 11 is 0. The molecule has 2 rings (SSSR count). The van der Waals surface area contributed by atoms with E-state index in [1.54, 1.807) is 24.3 Å². The molecule has 2 atom stereocenters. The number of hydrogen-bond acceptors (Lipinski definition) is 4. The smallest absolute Gasteiger partial charge is 0.397 e. The fraction of sp³-hybridized carbons (Fsp3) is 0.455. The van der Waals surface area contributed by atoms with Crippen LogP contribution in [0.5, 0.6) is 11.5 Å². The van der Waals surface area contributed by atoms with E-state index in [2.05, 4.69) is 31.8 Å². The fourth-order valence-electron chi connectivity index (χ4n) is 3.99. The van der Waals surface area contributed by atoms with Gasteiger partial charge in [0.05, 0.1) is 12.2 Å². The third kappa shape index (κ3) is 10.4. The Morgan fingerprint density at radius 3 is 2.33 bits per heavy atom. The Bertz CT molecular complexity index is 1140. The van der Waals surface area contributed by atoms with E-state index in [1.807, 2.05) is 31.4 Å². The van der Waals surface area contributed by atoms with Crippen molar-refractivity contribution in [2.75, 3.05) is 6.61 Å². The fourth-order valence-corrected chi connectivity index (χ4v) is 3.99. The van der Waals surface area contributed by atoms with Crippen molar-refractivity contribution in [3.8, 4) is 22.6 Å². The number of allylic oxidation sites excluding steroid dienone is 4. The number of nitrogens with zero attached hydrogens (tertiary/aromatic N) is 1. The van der Waals surface area contributed by atoms with Crippen molar-refractivity contribution in [2.45, 2.75) is 79.8 Å². The molecule has 0 heterocycles. The number of halogens is 2. The monoisotopic (exact) mass is 539 g/mol. The third-order valence-electron chi connectivity index (χ3n) is 6.87. The second kappa shape index (κ2) is 16.0. The second-order valence-corrected chi connectivity index (χ2v) is 9.77. The highest BCUT2D eigenvalue weighted by molar-refractivity contribution is 5.98. The molecule has 0 bridgehead atoms. The Kier molecular flexibility index (Phi) is 13.1. The number of rotatable bonds is 16. The van der Waals surface area contributed by atoms with Crippen LogP contribution < -0.4 is 9.47 Å². The summed E-state index contributed by atoms with van der Waals surface area (Å²) in [5.41, 5.74) is 3.20. The average molecular weight is 540 g/mol. The first-order chi connectivity index (χ1) is 18.6. The highest BCUT2D eigenvalue weighted by Gasteiger charge is 2.28. The predicted molar refractivity (Wildman–Crippen MR) is 157 cm³/mol. The number of ketones is 1. The summed E-state index contributed by atoms with van der Waals surface area (Å²) in [6.07, 6.45) is 8.25. The number of ether oxygens (including phenoxy) is 2. The van der Waals surface area contributed by atoms with E-state index in [0.29, 0.717) is 29.8 Å². The number of aliphatic imine (C=N–C) groups is 1. The van der Waals surface area contributed by atoms with Gasteiger partial charge in [0.25, 0.3) is 0 Å². The van der Waals surface area contributed by atoms with Crippen molar-refractivity contribution in [3.63, 3.8) is 0 Å². The van der Waals surface area contributed by atoms with Crippen LogP contribution in [0.4, 0.5) is 8.78 Å². The lowest BCUT2D eigenvalue weighted by molar-refractivity contribution is -0.177. The minimum atomic E-state index is -3.20. The first kappa shape index (κ1) is 31.9. The maximum atomic E-state index is 13.5. The molecule has 0 aromatic heterocycles. The van der Waals surface area contributed by atoms with E-state index in [9.17, 15) is 13.6 Å². The number of hydrogen-bond donors (Lipinski definition) is 0. The quantitative estimate of drug-likeness (QED) is 0.158. The zero-order valence-electron chi connectivity index (χ0n) is 24.2. The average Bonchev–Trinajstić information content (AvgIpc) is 2.93. The van der Waals surface area contributed by atoms with Gasteiger partial charge in [-0.3, -0.25) is 9.79 Å². The standard InChI is InChI=1S/C33H43F2NO3/c1-7-11-21-36-31(24(5)8-2)18-12-26(9-3)20-22-38-32-19-15-28(23-30(32)25(6)37)27-13-16-29(17-14-27)39-33(34,35)10-4/h7,11,13-19,21,23-24,26H,8-10,12,20,22H2,1-6H3/b11-7-,31-18+,36-21+. The van der Waals surface area contributed by atoms with Crippen LogP contribution in [0.2, 0.25) is 0 Å². The maximum Gasteiger partial charge on any atom is 0.397 e. The molecule has 0 N–H and O–H groups in total. The molecule has 6 heteroatoms. The molecule has 212 valence electrons. The minimum Gasteiger partial charge on any atom is -0.493 e. The molecule has 0 aliphatic rings. The summed E-state index contributed by atoms with van der Waals surface area (Å²) in [5.74, 6) is 1.40. The lowest BCUT2D eigenvalue weighted by Crippen LogP contribution is -2.22. The Morgan fingerprint density at radius 1 is 1.05 bits per heavy atom. The van der Waals surface area contributed by atoms with Crippen molar-refractivity contribution >= 4 is 12.0 Å². The normalized spacial score (nSPS) is 14.1. The van der Waals surface area contributed by atoms with Crippen LogP contribution in [0.3, 0.4) is 0 Å². The van der Waals surface area contributed by atoms with Gasteiger partial charge in [-0.2, -0.15) is 8.78 Å². The predicted octanol–water partition coefficient (Wildman–Crippen LogP) is 9.70. The van der Waals surface area contributed by atoms with Crippen molar-refractivity contribution in [3.05, 3.63) is 72.0 Å². The van der Waals surface area contributed by atoms with E-state index in [-0.39, 0.29) is 11.5 Å². The summed E-state index contributed by atoms with van der Waals surface area (Å²) < 4.78 is 37.9. The number of benzene rings is 2. The van der Waals surface area contributed by atoms with Gasteiger partial charge in [-0.05, 0) is 86.4 Å². The van der Waals surface area contributed by atoms with Crippen molar-refractivity contribution in [1.82, 2.24) is 0 Å². The van der Waals surface area contributed by atoms with E-state index in [4.69, 9.17) is 9.47 Å². The van der Waals surface area contributed by atoms with Crippen LogP contribution >= 0.6 is 0 Å². The van der Waals surface area contributed by atoms with Gasteiger partial charge in [-0.25, -0.2) is 0 Å². The van der Waals surface area contributed by atoms with Crippen LogP contribution in [-0.4, -0.2) is 24.7 Å². The molecular formula is C33H43F2NO3. The molecule has 0 saturated carbocycles. The molecule has 0 spiro atoms. The lowest BCUT2D eigenvalue weighted by Gasteiger charge is -2.17. The third-order valence-corrected chi connectivity index (χ3v) is 6.87. The molecule has 0 aliphatic heterocycles. The van der Waals surface area contributed by atoms with E-state index in [0.717, 1.165) is 42.5 Å². The number of carbonyl (C=O) groups excluding carboxylic acids is 1.